The lowest BCUT2D eigenvalue weighted by Crippen LogP contribution is -2.40. The third-order valence-corrected chi connectivity index (χ3v) is 5.19. The van der Waals surface area contributed by atoms with Crippen LogP contribution >= 0.6 is 0 Å². The summed E-state index contributed by atoms with van der Waals surface area (Å²) in [6.45, 7) is 3.98. The summed E-state index contributed by atoms with van der Waals surface area (Å²) >= 11 is 0. The van der Waals surface area contributed by atoms with Crippen LogP contribution in [0.3, 0.4) is 0 Å². The van der Waals surface area contributed by atoms with Crippen molar-refractivity contribution in [1.29, 1.82) is 0 Å². The quantitative estimate of drug-likeness (QED) is 0.803. The van der Waals surface area contributed by atoms with Crippen LogP contribution in [-0.4, -0.2) is 39.0 Å². The number of nitrogens with zero attached hydrogens (tertiary/aromatic N) is 1. The minimum absolute atomic E-state index is 0.102. The first-order valence-electron chi connectivity index (χ1n) is 6.83. The molecule has 1 aliphatic rings. The number of nitrogens with two attached hydrogens (primary N) is 1. The van der Waals surface area contributed by atoms with E-state index in [1.165, 1.54) is 0 Å². The zero-order valence-electron chi connectivity index (χ0n) is 11.8. The van der Waals surface area contributed by atoms with Gasteiger partial charge in [-0.25, -0.2) is 21.9 Å². The van der Waals surface area contributed by atoms with Crippen LogP contribution in [0.15, 0.2) is 17.0 Å². The Kier molecular flexibility index (Phi) is 4.80. The maximum atomic E-state index is 13.6. The molecular weight excluding hydrogens is 300 g/mol. The highest BCUT2D eigenvalue weighted by atomic mass is 32.2. The average molecular weight is 319 g/mol. The molecule has 0 radical (unpaired) electrons. The van der Waals surface area contributed by atoms with E-state index in [4.69, 9.17) is 5.73 Å². The van der Waals surface area contributed by atoms with Gasteiger partial charge in [0.1, 0.15) is 16.5 Å². The molecule has 2 rings (SSSR count). The van der Waals surface area contributed by atoms with E-state index in [-0.39, 0.29) is 12.6 Å². The van der Waals surface area contributed by atoms with Crippen molar-refractivity contribution in [1.82, 2.24) is 9.62 Å². The van der Waals surface area contributed by atoms with Gasteiger partial charge in [0, 0.05) is 18.7 Å². The summed E-state index contributed by atoms with van der Waals surface area (Å²) in [6.07, 6.45) is 1.91. The Labute approximate surface area is 123 Å². The number of hydrogen-bond acceptors (Lipinski definition) is 4. The van der Waals surface area contributed by atoms with E-state index in [0.717, 1.165) is 32.0 Å². The van der Waals surface area contributed by atoms with E-state index in [1.54, 1.807) is 0 Å². The molecule has 3 N–H and O–H groups in total. The predicted octanol–water partition coefficient (Wildman–Crippen LogP) is 1.31. The summed E-state index contributed by atoms with van der Waals surface area (Å²) in [7, 11) is -4.05. The molecule has 21 heavy (non-hydrogen) atoms. The number of sulfonamides is 1. The SMILES string of the molecule is CCN1CCCC1CNS(=O)(=O)c1cc(N)c(F)cc1F. The second-order valence-corrected chi connectivity index (χ2v) is 6.82. The van der Waals surface area contributed by atoms with Gasteiger partial charge in [-0.1, -0.05) is 6.92 Å². The predicted molar refractivity (Wildman–Crippen MR) is 76.2 cm³/mol. The van der Waals surface area contributed by atoms with Crippen molar-refractivity contribution in [2.45, 2.75) is 30.7 Å². The lowest BCUT2D eigenvalue weighted by molar-refractivity contribution is 0.268. The molecular formula is C13H19F2N3O2S. The van der Waals surface area contributed by atoms with Crippen molar-refractivity contribution in [2.75, 3.05) is 25.4 Å². The molecule has 1 aliphatic heterocycles. The Morgan fingerprint density at radius 1 is 1.38 bits per heavy atom. The van der Waals surface area contributed by atoms with Crippen LogP contribution in [0.2, 0.25) is 0 Å². The first kappa shape index (κ1) is 16.1. The molecule has 0 spiro atoms. The van der Waals surface area contributed by atoms with Crippen LogP contribution in [0.5, 0.6) is 0 Å². The summed E-state index contributed by atoms with van der Waals surface area (Å²) in [4.78, 5) is 1.54. The van der Waals surface area contributed by atoms with Gasteiger partial charge in [-0.2, -0.15) is 0 Å². The number of anilines is 1. The Morgan fingerprint density at radius 2 is 2.10 bits per heavy atom. The molecule has 1 fully saturated rings. The number of nitrogen functional groups attached to an aromatic ring is 1. The Hall–Kier alpha value is -1.25. The normalized spacial score (nSPS) is 20.0. The van der Waals surface area contributed by atoms with Crippen molar-refractivity contribution in [3.05, 3.63) is 23.8 Å². The number of rotatable bonds is 5. The summed E-state index contributed by atoms with van der Waals surface area (Å²) < 4.78 is 53.4. The monoisotopic (exact) mass is 319 g/mol. The number of halogens is 2. The molecule has 0 bridgehead atoms. The second-order valence-electron chi connectivity index (χ2n) is 5.08. The van der Waals surface area contributed by atoms with Gasteiger partial charge in [0.2, 0.25) is 10.0 Å². The van der Waals surface area contributed by atoms with E-state index in [9.17, 15) is 17.2 Å². The van der Waals surface area contributed by atoms with Gasteiger partial charge >= 0.3 is 0 Å². The fourth-order valence-corrected chi connectivity index (χ4v) is 3.74. The highest BCUT2D eigenvalue weighted by Crippen LogP contribution is 2.21. The highest BCUT2D eigenvalue weighted by Gasteiger charge is 2.26. The Balaban J connectivity index is 2.14. The Morgan fingerprint density at radius 3 is 2.76 bits per heavy atom. The largest absolute Gasteiger partial charge is 0.396 e. The minimum atomic E-state index is -4.05. The van der Waals surface area contributed by atoms with Gasteiger partial charge < -0.3 is 5.73 Å². The van der Waals surface area contributed by atoms with Crippen LogP contribution in [0.4, 0.5) is 14.5 Å². The van der Waals surface area contributed by atoms with Gasteiger partial charge in [-0.15, -0.1) is 0 Å². The van der Waals surface area contributed by atoms with E-state index in [0.29, 0.717) is 6.07 Å². The number of hydrogen-bond donors (Lipinski definition) is 2. The molecule has 1 aromatic rings. The average Bonchev–Trinajstić information content (AvgIpc) is 2.88. The van der Waals surface area contributed by atoms with Gasteiger partial charge in [0.15, 0.2) is 0 Å². The van der Waals surface area contributed by atoms with Crippen LogP contribution in [0, 0.1) is 11.6 Å². The zero-order chi connectivity index (χ0) is 15.6. The topological polar surface area (TPSA) is 75.4 Å². The lowest BCUT2D eigenvalue weighted by Gasteiger charge is -2.22. The zero-order valence-corrected chi connectivity index (χ0v) is 12.6. The summed E-state index contributed by atoms with van der Waals surface area (Å²) in [5.41, 5.74) is 4.91. The number of likely N-dealkylation sites (N-methyl/N-ethyl adjacent to an activating group) is 1. The molecule has 8 heteroatoms. The van der Waals surface area contributed by atoms with Crippen LogP contribution < -0.4 is 10.5 Å². The third-order valence-electron chi connectivity index (χ3n) is 3.75. The van der Waals surface area contributed by atoms with Crippen LogP contribution in [0.1, 0.15) is 19.8 Å². The van der Waals surface area contributed by atoms with Crippen molar-refractivity contribution in [2.24, 2.45) is 0 Å². The molecule has 1 aromatic carbocycles. The number of benzene rings is 1. The smallest absolute Gasteiger partial charge is 0.243 e. The molecule has 118 valence electrons. The maximum absolute atomic E-state index is 13.6. The molecule has 0 saturated carbocycles. The number of likely N-dealkylation sites (tertiary alicyclic amines) is 1. The van der Waals surface area contributed by atoms with Crippen LogP contribution in [0.25, 0.3) is 0 Å². The van der Waals surface area contributed by atoms with E-state index >= 15 is 0 Å². The Bertz CT molecular complexity index is 622. The van der Waals surface area contributed by atoms with Crippen LogP contribution in [-0.2, 0) is 10.0 Å². The van der Waals surface area contributed by atoms with Gasteiger partial charge in [0.25, 0.3) is 0 Å². The maximum Gasteiger partial charge on any atom is 0.243 e. The molecule has 0 amide bonds. The van der Waals surface area contributed by atoms with E-state index in [1.807, 2.05) is 6.92 Å². The molecule has 1 atom stereocenters. The minimum Gasteiger partial charge on any atom is -0.396 e. The van der Waals surface area contributed by atoms with Crippen molar-refractivity contribution < 1.29 is 17.2 Å². The van der Waals surface area contributed by atoms with Crippen molar-refractivity contribution in [3.8, 4) is 0 Å². The van der Waals surface area contributed by atoms with Gasteiger partial charge in [-0.3, -0.25) is 4.90 Å². The number of nitrogens with one attached hydrogen (secondary N) is 1. The first-order valence-corrected chi connectivity index (χ1v) is 8.31. The molecule has 0 aliphatic carbocycles. The second kappa shape index (κ2) is 6.25. The fourth-order valence-electron chi connectivity index (χ4n) is 2.58. The molecule has 1 unspecified atom stereocenters. The molecule has 5 nitrogen and oxygen atoms in total. The summed E-state index contributed by atoms with van der Waals surface area (Å²) in [5, 5.41) is 0. The lowest BCUT2D eigenvalue weighted by atomic mass is 10.2. The highest BCUT2D eigenvalue weighted by molar-refractivity contribution is 7.89. The fraction of sp³-hybridized carbons (Fsp3) is 0.538. The van der Waals surface area contributed by atoms with Gasteiger partial charge in [-0.05, 0) is 32.0 Å². The summed E-state index contributed by atoms with van der Waals surface area (Å²) in [6, 6.07) is 1.39. The first-order chi connectivity index (χ1) is 9.85. The van der Waals surface area contributed by atoms with E-state index in [2.05, 4.69) is 9.62 Å². The molecule has 0 aromatic heterocycles. The van der Waals surface area contributed by atoms with Gasteiger partial charge in [0.05, 0.1) is 5.69 Å². The van der Waals surface area contributed by atoms with Crippen molar-refractivity contribution >= 4 is 15.7 Å². The molecule has 1 saturated heterocycles. The third kappa shape index (κ3) is 3.50. The molecule has 1 heterocycles. The standard InChI is InChI=1S/C13H19F2N3O2S/c1-2-18-5-3-4-9(18)8-17-21(19,20)13-7-12(16)10(14)6-11(13)15/h6-7,9,17H,2-5,8,16H2,1H3. The summed E-state index contributed by atoms with van der Waals surface area (Å²) in [5.74, 6) is -2.12. The van der Waals surface area contributed by atoms with E-state index < -0.39 is 32.2 Å². The van der Waals surface area contributed by atoms with Crippen molar-refractivity contribution in [3.63, 3.8) is 0 Å².